The van der Waals surface area contributed by atoms with Gasteiger partial charge in [-0.05, 0) is 62.2 Å². The third-order valence-corrected chi connectivity index (χ3v) is 6.51. The number of hydrogen-bond donors (Lipinski definition) is 1. The summed E-state index contributed by atoms with van der Waals surface area (Å²) in [6, 6.07) is 0. The first-order valence-corrected chi connectivity index (χ1v) is 9.26. The van der Waals surface area contributed by atoms with E-state index < -0.39 is 0 Å². The van der Waals surface area contributed by atoms with Crippen molar-refractivity contribution in [2.24, 2.45) is 23.0 Å². The van der Waals surface area contributed by atoms with Crippen LogP contribution in [-0.4, -0.2) is 17.7 Å². The molecule has 0 aromatic heterocycles. The summed E-state index contributed by atoms with van der Waals surface area (Å²) in [6.07, 6.45) is 12.8. The quantitative estimate of drug-likeness (QED) is 0.763. The summed E-state index contributed by atoms with van der Waals surface area (Å²) in [7, 11) is 0. The first kappa shape index (κ1) is 15.8. The molecule has 2 N–H and O–H groups in total. The first-order chi connectivity index (χ1) is 9.83. The van der Waals surface area contributed by atoms with Gasteiger partial charge in [-0.25, -0.2) is 0 Å². The van der Waals surface area contributed by atoms with Crippen LogP contribution in [0.1, 0.15) is 85.0 Å². The van der Waals surface area contributed by atoms with Crippen LogP contribution in [0.4, 0.5) is 0 Å². The lowest BCUT2D eigenvalue weighted by Gasteiger charge is -2.54. The van der Waals surface area contributed by atoms with Gasteiger partial charge in [-0.1, -0.05) is 40.0 Å². The molecular formula is C19H35NO. The number of nitrogens with two attached hydrogens (primary N) is 1. The van der Waals surface area contributed by atoms with Crippen LogP contribution in [0.2, 0.25) is 0 Å². The number of hydrogen-bond acceptors (Lipinski definition) is 2. The van der Waals surface area contributed by atoms with Crippen molar-refractivity contribution in [2.75, 3.05) is 6.61 Å². The molecule has 0 amide bonds. The van der Waals surface area contributed by atoms with E-state index in [0.29, 0.717) is 11.3 Å². The van der Waals surface area contributed by atoms with Gasteiger partial charge in [0.05, 0.1) is 5.60 Å². The van der Waals surface area contributed by atoms with E-state index in [2.05, 4.69) is 20.8 Å². The first-order valence-electron chi connectivity index (χ1n) is 9.26. The summed E-state index contributed by atoms with van der Waals surface area (Å²) in [5.41, 5.74) is 7.69. The fraction of sp³-hybridized carbons (Fsp3) is 1.00. The van der Waals surface area contributed by atoms with E-state index >= 15 is 0 Å². The van der Waals surface area contributed by atoms with Gasteiger partial charge in [0.15, 0.2) is 0 Å². The van der Waals surface area contributed by atoms with Crippen molar-refractivity contribution in [1.82, 2.24) is 0 Å². The van der Waals surface area contributed by atoms with Crippen LogP contribution < -0.4 is 5.73 Å². The zero-order valence-electron chi connectivity index (χ0n) is 14.4. The highest BCUT2D eigenvalue weighted by Gasteiger charge is 2.49. The van der Waals surface area contributed by atoms with E-state index in [4.69, 9.17) is 10.5 Å². The molecule has 2 heteroatoms. The van der Waals surface area contributed by atoms with Crippen molar-refractivity contribution in [3.63, 3.8) is 0 Å². The molecule has 0 bridgehead atoms. The van der Waals surface area contributed by atoms with Gasteiger partial charge in [-0.3, -0.25) is 0 Å². The second-order valence-electron chi connectivity index (χ2n) is 9.37. The van der Waals surface area contributed by atoms with E-state index in [-0.39, 0.29) is 11.1 Å². The largest absolute Gasteiger partial charge is 0.375 e. The van der Waals surface area contributed by atoms with Gasteiger partial charge in [0.25, 0.3) is 0 Å². The molecule has 1 heterocycles. The van der Waals surface area contributed by atoms with E-state index in [9.17, 15) is 0 Å². The molecule has 2 aliphatic carbocycles. The molecule has 3 unspecified atom stereocenters. The molecular weight excluding hydrogens is 258 g/mol. The van der Waals surface area contributed by atoms with Gasteiger partial charge in [-0.2, -0.15) is 0 Å². The van der Waals surface area contributed by atoms with Crippen molar-refractivity contribution < 1.29 is 4.74 Å². The van der Waals surface area contributed by atoms with E-state index in [1.54, 1.807) is 0 Å². The molecule has 3 fully saturated rings. The second kappa shape index (κ2) is 5.53. The van der Waals surface area contributed by atoms with Crippen molar-refractivity contribution in [2.45, 2.75) is 96.1 Å². The highest BCUT2D eigenvalue weighted by atomic mass is 16.5. The topological polar surface area (TPSA) is 35.2 Å². The van der Waals surface area contributed by atoms with Gasteiger partial charge in [0.1, 0.15) is 0 Å². The molecule has 122 valence electrons. The van der Waals surface area contributed by atoms with Crippen molar-refractivity contribution in [3.05, 3.63) is 0 Å². The molecule has 1 spiro atoms. The third-order valence-electron chi connectivity index (χ3n) is 6.51. The van der Waals surface area contributed by atoms with Gasteiger partial charge in [-0.15, -0.1) is 0 Å². The van der Waals surface area contributed by atoms with Crippen LogP contribution >= 0.6 is 0 Å². The Morgan fingerprint density at radius 2 is 1.71 bits per heavy atom. The predicted molar refractivity (Wildman–Crippen MR) is 88.2 cm³/mol. The van der Waals surface area contributed by atoms with Gasteiger partial charge >= 0.3 is 0 Å². The SMILES string of the molecule is CC1CC(C)(C)CC(N)(C2CCOC3(CCCCC3)C2)C1. The minimum absolute atomic E-state index is 0.0510. The number of rotatable bonds is 1. The highest BCUT2D eigenvalue weighted by molar-refractivity contribution is 5.04. The Balaban J connectivity index is 1.75. The maximum Gasteiger partial charge on any atom is 0.0685 e. The third kappa shape index (κ3) is 3.32. The summed E-state index contributed by atoms with van der Waals surface area (Å²) >= 11 is 0. The Morgan fingerprint density at radius 3 is 2.38 bits per heavy atom. The fourth-order valence-electron chi connectivity index (χ4n) is 6.07. The van der Waals surface area contributed by atoms with Gasteiger partial charge in [0.2, 0.25) is 0 Å². The molecule has 3 rings (SSSR count). The predicted octanol–water partition coefficient (Wildman–Crippen LogP) is 4.66. The summed E-state index contributed by atoms with van der Waals surface area (Å²) in [5.74, 6) is 1.44. The summed E-state index contributed by atoms with van der Waals surface area (Å²) in [6.45, 7) is 8.18. The fourth-order valence-corrected chi connectivity index (χ4v) is 6.07. The van der Waals surface area contributed by atoms with Crippen molar-refractivity contribution in [1.29, 1.82) is 0 Å². The minimum Gasteiger partial charge on any atom is -0.375 e. The van der Waals surface area contributed by atoms with E-state index in [0.717, 1.165) is 12.5 Å². The molecule has 0 radical (unpaired) electrons. The van der Waals surface area contributed by atoms with Crippen molar-refractivity contribution in [3.8, 4) is 0 Å². The average molecular weight is 293 g/mol. The average Bonchev–Trinajstić information content (AvgIpc) is 2.37. The molecule has 3 atom stereocenters. The molecule has 2 nitrogen and oxygen atoms in total. The van der Waals surface area contributed by atoms with Crippen LogP contribution in [-0.2, 0) is 4.74 Å². The molecule has 0 aromatic rings. The Kier molecular flexibility index (Phi) is 4.16. The Morgan fingerprint density at radius 1 is 1.00 bits per heavy atom. The molecule has 1 aliphatic heterocycles. The van der Waals surface area contributed by atoms with Crippen LogP contribution in [0, 0.1) is 17.3 Å². The van der Waals surface area contributed by atoms with Crippen molar-refractivity contribution >= 4 is 0 Å². The normalized spacial score (nSPS) is 42.9. The van der Waals surface area contributed by atoms with Gasteiger partial charge in [0, 0.05) is 12.1 Å². The standard InChI is InChI=1S/C19H35NO/c1-15-11-17(2,3)14-19(20,12-15)16-7-10-21-18(13-16)8-5-4-6-9-18/h15-16H,4-14,20H2,1-3H3. The highest BCUT2D eigenvalue weighted by Crippen LogP contribution is 2.51. The van der Waals surface area contributed by atoms with E-state index in [1.165, 1.54) is 64.2 Å². The van der Waals surface area contributed by atoms with Crippen LogP contribution in [0.15, 0.2) is 0 Å². The zero-order valence-corrected chi connectivity index (χ0v) is 14.4. The Labute approximate surface area is 131 Å². The lowest BCUT2D eigenvalue weighted by molar-refractivity contribution is -0.134. The lowest BCUT2D eigenvalue weighted by atomic mass is 9.58. The minimum atomic E-state index is 0.0510. The molecule has 2 saturated carbocycles. The number of ether oxygens (including phenoxy) is 1. The zero-order chi connectivity index (χ0) is 15.1. The van der Waals surface area contributed by atoms with Crippen LogP contribution in [0.25, 0.3) is 0 Å². The van der Waals surface area contributed by atoms with Crippen LogP contribution in [0.5, 0.6) is 0 Å². The molecule has 21 heavy (non-hydrogen) atoms. The Bertz CT molecular complexity index is 366. The summed E-state index contributed by atoms with van der Waals surface area (Å²) in [4.78, 5) is 0. The van der Waals surface area contributed by atoms with E-state index in [1.807, 2.05) is 0 Å². The summed E-state index contributed by atoms with van der Waals surface area (Å²) in [5, 5.41) is 0. The maximum atomic E-state index is 7.03. The van der Waals surface area contributed by atoms with Gasteiger partial charge < -0.3 is 10.5 Å². The second-order valence-corrected chi connectivity index (χ2v) is 9.37. The molecule has 3 aliphatic rings. The Hall–Kier alpha value is -0.0800. The maximum absolute atomic E-state index is 7.03. The monoisotopic (exact) mass is 293 g/mol. The molecule has 1 saturated heterocycles. The molecule has 0 aromatic carbocycles. The smallest absolute Gasteiger partial charge is 0.0685 e. The lowest BCUT2D eigenvalue weighted by Crippen LogP contribution is -2.58. The van der Waals surface area contributed by atoms with Crippen LogP contribution in [0.3, 0.4) is 0 Å². The summed E-state index contributed by atoms with van der Waals surface area (Å²) < 4.78 is 6.30.